The van der Waals surface area contributed by atoms with Crippen LogP contribution in [0.25, 0.3) is 0 Å². The molecule has 0 aromatic carbocycles. The van der Waals surface area contributed by atoms with Crippen molar-refractivity contribution in [3.8, 4) is 0 Å². The summed E-state index contributed by atoms with van der Waals surface area (Å²) < 4.78 is 13.0. The number of hydrogen-bond acceptors (Lipinski definition) is 4. The van der Waals surface area contributed by atoms with Gasteiger partial charge in [-0.25, -0.2) is 0 Å². The van der Waals surface area contributed by atoms with Crippen LogP contribution in [0.5, 0.6) is 0 Å². The van der Waals surface area contributed by atoms with Crippen molar-refractivity contribution in [1.29, 1.82) is 0 Å². The summed E-state index contributed by atoms with van der Waals surface area (Å²) in [6.45, 7) is 4.54. The van der Waals surface area contributed by atoms with Crippen LogP contribution in [0, 0.1) is 5.92 Å². The molecule has 0 spiro atoms. The summed E-state index contributed by atoms with van der Waals surface area (Å²) in [6.07, 6.45) is 5.41. The van der Waals surface area contributed by atoms with E-state index in [9.17, 15) is 0 Å². The van der Waals surface area contributed by atoms with Crippen molar-refractivity contribution in [3.63, 3.8) is 0 Å². The van der Waals surface area contributed by atoms with Gasteiger partial charge in [-0.2, -0.15) is 5.10 Å². The Balaban J connectivity index is 1.76. The third-order valence-corrected chi connectivity index (χ3v) is 4.18. The fourth-order valence-electron chi connectivity index (χ4n) is 3.13. The lowest BCUT2D eigenvalue weighted by Crippen LogP contribution is -2.35. The number of nitrogens with one attached hydrogen (secondary N) is 1. The lowest BCUT2D eigenvalue weighted by Gasteiger charge is -2.27. The predicted molar refractivity (Wildman–Crippen MR) is 72.1 cm³/mol. The Morgan fingerprint density at radius 2 is 2.32 bits per heavy atom. The quantitative estimate of drug-likeness (QED) is 0.887. The molecule has 0 bridgehead atoms. The van der Waals surface area contributed by atoms with E-state index in [1.54, 1.807) is 7.11 Å². The Labute approximate surface area is 114 Å². The monoisotopic (exact) mass is 265 g/mol. The zero-order valence-electron chi connectivity index (χ0n) is 11.6. The van der Waals surface area contributed by atoms with Crippen molar-refractivity contribution in [2.24, 2.45) is 5.92 Å². The van der Waals surface area contributed by atoms with Gasteiger partial charge >= 0.3 is 0 Å². The zero-order chi connectivity index (χ0) is 13.1. The molecule has 106 valence electrons. The number of aromatic nitrogens is 2. The first-order valence-corrected chi connectivity index (χ1v) is 7.23. The average molecular weight is 265 g/mol. The van der Waals surface area contributed by atoms with Crippen LogP contribution in [0.3, 0.4) is 0 Å². The van der Waals surface area contributed by atoms with Crippen LogP contribution in [0.15, 0.2) is 6.20 Å². The Hall–Kier alpha value is -0.910. The van der Waals surface area contributed by atoms with E-state index in [2.05, 4.69) is 15.1 Å². The van der Waals surface area contributed by atoms with E-state index in [0.717, 1.165) is 45.6 Å². The number of rotatable bonds is 4. The van der Waals surface area contributed by atoms with Crippen LogP contribution in [-0.2, 0) is 22.4 Å². The minimum Gasteiger partial charge on any atom is -0.383 e. The number of ether oxygens (including phenoxy) is 2. The maximum Gasteiger partial charge on any atom is 0.0732 e. The minimum atomic E-state index is 0.288. The number of methoxy groups -OCH3 is 1. The highest BCUT2D eigenvalue weighted by Crippen LogP contribution is 2.25. The SMILES string of the molecule is COC[C@@H]1NCCc2cnn(CC3CCOCC3)c21. The first-order valence-electron chi connectivity index (χ1n) is 7.23. The van der Waals surface area contributed by atoms with E-state index in [1.165, 1.54) is 11.3 Å². The summed E-state index contributed by atoms with van der Waals surface area (Å²) in [5.74, 6) is 0.697. The summed E-state index contributed by atoms with van der Waals surface area (Å²) in [7, 11) is 1.76. The standard InChI is InChI=1S/C14H23N3O2/c1-18-10-13-14-12(2-5-15-13)8-16-17(14)9-11-3-6-19-7-4-11/h8,11,13,15H,2-7,9-10H2,1H3/t13-/m0/s1. The van der Waals surface area contributed by atoms with Gasteiger partial charge in [0.1, 0.15) is 0 Å². The van der Waals surface area contributed by atoms with Crippen LogP contribution in [0.1, 0.15) is 30.1 Å². The van der Waals surface area contributed by atoms with E-state index < -0.39 is 0 Å². The van der Waals surface area contributed by atoms with Crippen LogP contribution < -0.4 is 5.32 Å². The molecule has 1 aromatic heterocycles. The molecule has 1 saturated heterocycles. The molecular formula is C14H23N3O2. The van der Waals surface area contributed by atoms with Gasteiger partial charge in [0.2, 0.25) is 0 Å². The summed E-state index contributed by atoms with van der Waals surface area (Å²) in [5, 5.41) is 8.13. The second-order valence-corrected chi connectivity index (χ2v) is 5.50. The lowest BCUT2D eigenvalue weighted by atomic mass is 9.99. The fraction of sp³-hybridized carbons (Fsp3) is 0.786. The van der Waals surface area contributed by atoms with Gasteiger partial charge in [-0.1, -0.05) is 0 Å². The summed E-state index contributed by atoms with van der Waals surface area (Å²) in [6, 6.07) is 0.288. The van der Waals surface area contributed by atoms with E-state index in [0.29, 0.717) is 12.5 Å². The van der Waals surface area contributed by atoms with E-state index in [1.807, 2.05) is 6.20 Å². The van der Waals surface area contributed by atoms with Gasteiger partial charge in [-0.05, 0) is 30.7 Å². The van der Waals surface area contributed by atoms with Gasteiger partial charge in [0.15, 0.2) is 0 Å². The van der Waals surface area contributed by atoms with Crippen molar-refractivity contribution in [2.75, 3.05) is 33.5 Å². The maximum atomic E-state index is 5.43. The number of fused-ring (bicyclic) bond motifs is 1. The summed E-state index contributed by atoms with van der Waals surface area (Å²) in [4.78, 5) is 0. The molecule has 2 aliphatic rings. The molecule has 5 heteroatoms. The second kappa shape index (κ2) is 6.03. The molecule has 0 unspecified atom stereocenters. The Morgan fingerprint density at radius 1 is 1.47 bits per heavy atom. The minimum absolute atomic E-state index is 0.288. The number of hydrogen-bond donors (Lipinski definition) is 1. The third-order valence-electron chi connectivity index (χ3n) is 4.18. The Kier molecular flexibility index (Phi) is 4.15. The zero-order valence-corrected chi connectivity index (χ0v) is 11.6. The molecule has 0 amide bonds. The Bertz CT molecular complexity index is 413. The maximum absolute atomic E-state index is 5.43. The van der Waals surface area contributed by atoms with Crippen LogP contribution >= 0.6 is 0 Å². The van der Waals surface area contributed by atoms with Gasteiger partial charge in [0.05, 0.1) is 24.5 Å². The molecule has 19 heavy (non-hydrogen) atoms. The second-order valence-electron chi connectivity index (χ2n) is 5.50. The van der Waals surface area contributed by atoms with Crippen LogP contribution in [-0.4, -0.2) is 43.3 Å². The van der Waals surface area contributed by atoms with Gasteiger partial charge in [-0.15, -0.1) is 0 Å². The van der Waals surface area contributed by atoms with Crippen molar-refractivity contribution in [2.45, 2.75) is 31.8 Å². The van der Waals surface area contributed by atoms with Crippen molar-refractivity contribution in [1.82, 2.24) is 15.1 Å². The highest BCUT2D eigenvalue weighted by atomic mass is 16.5. The fourth-order valence-corrected chi connectivity index (χ4v) is 3.13. The molecule has 1 aromatic rings. The molecule has 1 fully saturated rings. The molecule has 0 saturated carbocycles. The van der Waals surface area contributed by atoms with Crippen LogP contribution in [0.4, 0.5) is 0 Å². The van der Waals surface area contributed by atoms with Crippen molar-refractivity contribution in [3.05, 3.63) is 17.5 Å². The molecule has 3 heterocycles. The topological polar surface area (TPSA) is 48.3 Å². The first kappa shape index (κ1) is 13.1. The summed E-state index contributed by atoms with van der Waals surface area (Å²) >= 11 is 0. The Morgan fingerprint density at radius 3 is 3.11 bits per heavy atom. The smallest absolute Gasteiger partial charge is 0.0732 e. The van der Waals surface area contributed by atoms with Crippen molar-refractivity contribution >= 4 is 0 Å². The largest absolute Gasteiger partial charge is 0.383 e. The lowest BCUT2D eigenvalue weighted by molar-refractivity contribution is 0.0593. The first-order chi connectivity index (χ1) is 9.38. The average Bonchev–Trinajstić information content (AvgIpc) is 2.85. The molecule has 0 radical (unpaired) electrons. The van der Waals surface area contributed by atoms with Crippen molar-refractivity contribution < 1.29 is 9.47 Å². The molecule has 5 nitrogen and oxygen atoms in total. The van der Waals surface area contributed by atoms with E-state index in [-0.39, 0.29) is 6.04 Å². The predicted octanol–water partition coefficient (Wildman–Crippen LogP) is 1.14. The molecule has 0 aliphatic carbocycles. The van der Waals surface area contributed by atoms with E-state index in [4.69, 9.17) is 9.47 Å². The van der Waals surface area contributed by atoms with Crippen LogP contribution in [0.2, 0.25) is 0 Å². The third kappa shape index (κ3) is 2.83. The molecule has 2 aliphatic heterocycles. The molecule has 1 atom stereocenters. The highest BCUT2D eigenvalue weighted by Gasteiger charge is 2.26. The highest BCUT2D eigenvalue weighted by molar-refractivity contribution is 5.24. The number of nitrogens with zero attached hydrogens (tertiary/aromatic N) is 2. The normalized spacial score (nSPS) is 24.4. The molecule has 3 rings (SSSR count). The van der Waals surface area contributed by atoms with E-state index >= 15 is 0 Å². The van der Waals surface area contributed by atoms with Gasteiger partial charge in [-0.3, -0.25) is 4.68 Å². The molecular weight excluding hydrogens is 242 g/mol. The van der Waals surface area contributed by atoms with Gasteiger partial charge < -0.3 is 14.8 Å². The molecule has 1 N–H and O–H groups in total. The van der Waals surface area contributed by atoms with Gasteiger partial charge in [0, 0.05) is 33.4 Å². The van der Waals surface area contributed by atoms with Gasteiger partial charge in [0.25, 0.3) is 0 Å². The summed E-state index contributed by atoms with van der Waals surface area (Å²) in [5.41, 5.74) is 2.72.